The fourth-order valence-corrected chi connectivity index (χ4v) is 3.51. The number of amides is 1. The van der Waals surface area contributed by atoms with Crippen LogP contribution in [0, 0.1) is 6.92 Å². The summed E-state index contributed by atoms with van der Waals surface area (Å²) in [6, 6.07) is 5.77. The van der Waals surface area contributed by atoms with Gasteiger partial charge in [-0.1, -0.05) is 18.5 Å². The van der Waals surface area contributed by atoms with Crippen molar-refractivity contribution in [1.29, 1.82) is 0 Å². The number of fused-ring (bicyclic) bond motifs is 1. The van der Waals surface area contributed by atoms with E-state index in [1.165, 1.54) is 0 Å². The van der Waals surface area contributed by atoms with Gasteiger partial charge in [0.2, 0.25) is 0 Å². The van der Waals surface area contributed by atoms with Gasteiger partial charge in [-0.2, -0.15) is 0 Å². The number of halogens is 1. The maximum Gasteiger partial charge on any atom is 0.290 e. The predicted molar refractivity (Wildman–Crippen MR) is 93.2 cm³/mol. The molecule has 3 rings (SSSR count). The lowest BCUT2D eigenvalue weighted by molar-refractivity contribution is 0.0611. The Morgan fingerprint density at radius 2 is 2.13 bits per heavy atom. The maximum absolute atomic E-state index is 13.1. The third-order valence-electron chi connectivity index (χ3n) is 4.57. The molecule has 1 aliphatic heterocycles. The van der Waals surface area contributed by atoms with Crippen LogP contribution in [-0.4, -0.2) is 36.5 Å². The number of nitrogens with one attached hydrogen (secondary N) is 1. The van der Waals surface area contributed by atoms with E-state index in [4.69, 9.17) is 16.0 Å². The summed E-state index contributed by atoms with van der Waals surface area (Å²) in [7, 11) is 0. The zero-order valence-corrected chi connectivity index (χ0v) is 14.4. The summed E-state index contributed by atoms with van der Waals surface area (Å²) < 4.78 is 5.87. The number of carbonyl (C=O) groups excluding carboxylic acids is 1. The van der Waals surface area contributed by atoms with Crippen LogP contribution < -0.4 is 5.32 Å². The van der Waals surface area contributed by atoms with Gasteiger partial charge in [0.25, 0.3) is 5.91 Å². The molecule has 0 atom stereocenters. The van der Waals surface area contributed by atoms with Crippen LogP contribution in [0.2, 0.25) is 5.02 Å². The van der Waals surface area contributed by atoms with E-state index in [9.17, 15) is 4.79 Å². The van der Waals surface area contributed by atoms with Gasteiger partial charge in [0.05, 0.1) is 0 Å². The van der Waals surface area contributed by atoms with E-state index < -0.39 is 0 Å². The molecule has 1 saturated heterocycles. The summed E-state index contributed by atoms with van der Waals surface area (Å²) in [6.07, 6.45) is 2.94. The Kier molecular flexibility index (Phi) is 4.93. The number of nitrogens with zero attached hydrogens (tertiary/aromatic N) is 1. The fourth-order valence-electron chi connectivity index (χ4n) is 3.34. The van der Waals surface area contributed by atoms with Gasteiger partial charge in [0.1, 0.15) is 5.58 Å². The first-order valence-corrected chi connectivity index (χ1v) is 8.70. The summed E-state index contributed by atoms with van der Waals surface area (Å²) in [5.74, 6) is 0.456. The molecule has 1 fully saturated rings. The molecule has 5 heteroatoms. The van der Waals surface area contributed by atoms with Crippen LogP contribution in [0.1, 0.15) is 42.3 Å². The molecule has 2 aromatic rings. The molecule has 124 valence electrons. The number of hydrogen-bond acceptors (Lipinski definition) is 3. The Hall–Kier alpha value is -1.52. The van der Waals surface area contributed by atoms with Crippen LogP contribution in [0.5, 0.6) is 0 Å². The predicted octanol–water partition coefficient (Wildman–Crippen LogP) is 4.00. The highest BCUT2D eigenvalue weighted by Gasteiger charge is 2.29. The Morgan fingerprint density at radius 1 is 1.39 bits per heavy atom. The van der Waals surface area contributed by atoms with E-state index in [0.29, 0.717) is 16.8 Å². The Bertz CT molecular complexity index is 704. The number of benzene rings is 1. The van der Waals surface area contributed by atoms with Gasteiger partial charge in [-0.3, -0.25) is 4.79 Å². The summed E-state index contributed by atoms with van der Waals surface area (Å²) in [5.41, 5.74) is 1.60. The van der Waals surface area contributed by atoms with E-state index in [1.807, 2.05) is 24.0 Å². The highest BCUT2D eigenvalue weighted by molar-refractivity contribution is 6.31. The second kappa shape index (κ2) is 6.93. The average Bonchev–Trinajstić information content (AvgIpc) is 2.89. The first kappa shape index (κ1) is 16.3. The molecule has 4 nitrogen and oxygen atoms in total. The zero-order valence-electron chi connectivity index (χ0n) is 13.7. The first-order valence-electron chi connectivity index (χ1n) is 8.32. The molecule has 0 aliphatic carbocycles. The Balaban J connectivity index is 1.94. The number of carbonyl (C=O) groups is 1. The molecule has 0 radical (unpaired) electrons. The van der Waals surface area contributed by atoms with E-state index >= 15 is 0 Å². The molecule has 0 unspecified atom stereocenters. The quantitative estimate of drug-likeness (QED) is 0.919. The largest absolute Gasteiger partial charge is 0.451 e. The van der Waals surface area contributed by atoms with Crippen molar-refractivity contribution < 1.29 is 9.21 Å². The average molecular weight is 335 g/mol. The molecule has 0 bridgehead atoms. The van der Waals surface area contributed by atoms with Gasteiger partial charge >= 0.3 is 0 Å². The molecule has 0 spiro atoms. The minimum atomic E-state index is 0.00331. The molecule has 23 heavy (non-hydrogen) atoms. The third kappa shape index (κ3) is 3.24. The second-order valence-corrected chi connectivity index (χ2v) is 6.61. The van der Waals surface area contributed by atoms with Crippen LogP contribution >= 0.6 is 11.6 Å². The van der Waals surface area contributed by atoms with Gasteiger partial charge in [0, 0.05) is 28.6 Å². The van der Waals surface area contributed by atoms with Crippen LogP contribution in [-0.2, 0) is 0 Å². The minimum Gasteiger partial charge on any atom is -0.451 e. The van der Waals surface area contributed by atoms with Crippen molar-refractivity contribution >= 4 is 28.5 Å². The molecule has 1 N–H and O–H groups in total. The Labute approximate surface area is 141 Å². The minimum absolute atomic E-state index is 0.00331. The third-order valence-corrected chi connectivity index (χ3v) is 4.80. The number of furan rings is 1. The normalized spacial score (nSPS) is 16.0. The molecular weight excluding hydrogens is 312 g/mol. The molecule has 1 aromatic carbocycles. The Morgan fingerprint density at radius 3 is 2.83 bits per heavy atom. The lowest BCUT2D eigenvalue weighted by atomic mass is 10.0. The standard InChI is InChI=1S/C18H23ClN2O2/c1-3-10-21(14-6-8-20-9-7-14)18(22)17-12(2)15-11-13(19)4-5-16(15)23-17/h4-5,11,14,20H,3,6-10H2,1-2H3. The lowest BCUT2D eigenvalue weighted by Gasteiger charge is -2.34. The molecule has 1 amide bonds. The number of hydrogen-bond donors (Lipinski definition) is 1. The molecule has 0 saturated carbocycles. The van der Waals surface area contributed by atoms with Gasteiger partial charge in [-0.05, 0) is 57.5 Å². The SMILES string of the molecule is CCCN(C(=O)c1oc2ccc(Cl)cc2c1C)C1CCNCC1. The van der Waals surface area contributed by atoms with Crippen LogP contribution in [0.25, 0.3) is 11.0 Å². The fraction of sp³-hybridized carbons (Fsp3) is 0.500. The molecule has 1 aliphatic rings. The smallest absolute Gasteiger partial charge is 0.290 e. The topological polar surface area (TPSA) is 45.5 Å². The molecular formula is C18H23ClN2O2. The molecule has 1 aromatic heterocycles. The van der Waals surface area contributed by atoms with E-state index in [2.05, 4.69) is 12.2 Å². The molecule has 2 heterocycles. The summed E-state index contributed by atoms with van der Waals surface area (Å²) >= 11 is 6.07. The van der Waals surface area contributed by atoms with Gasteiger partial charge in [-0.25, -0.2) is 0 Å². The number of piperidine rings is 1. The lowest BCUT2D eigenvalue weighted by Crippen LogP contribution is -2.46. The first-order chi connectivity index (χ1) is 11.1. The zero-order chi connectivity index (χ0) is 16.4. The van der Waals surface area contributed by atoms with Crippen molar-refractivity contribution in [3.63, 3.8) is 0 Å². The van der Waals surface area contributed by atoms with Gasteiger partial charge in [0.15, 0.2) is 5.76 Å². The second-order valence-electron chi connectivity index (χ2n) is 6.18. The van der Waals surface area contributed by atoms with Crippen LogP contribution in [0.3, 0.4) is 0 Å². The van der Waals surface area contributed by atoms with E-state index in [-0.39, 0.29) is 5.91 Å². The highest BCUT2D eigenvalue weighted by Crippen LogP contribution is 2.29. The van der Waals surface area contributed by atoms with Crippen molar-refractivity contribution in [3.05, 3.63) is 34.5 Å². The van der Waals surface area contributed by atoms with E-state index in [0.717, 1.165) is 55.4 Å². The van der Waals surface area contributed by atoms with Crippen molar-refractivity contribution in [2.75, 3.05) is 19.6 Å². The number of rotatable bonds is 4. The van der Waals surface area contributed by atoms with Gasteiger partial charge < -0.3 is 14.6 Å². The van der Waals surface area contributed by atoms with E-state index in [1.54, 1.807) is 6.07 Å². The summed E-state index contributed by atoms with van der Waals surface area (Å²) in [5, 5.41) is 4.93. The summed E-state index contributed by atoms with van der Waals surface area (Å²) in [6.45, 7) is 6.73. The monoisotopic (exact) mass is 334 g/mol. The van der Waals surface area contributed by atoms with Gasteiger partial charge in [-0.15, -0.1) is 0 Å². The highest BCUT2D eigenvalue weighted by atomic mass is 35.5. The maximum atomic E-state index is 13.1. The summed E-state index contributed by atoms with van der Waals surface area (Å²) in [4.78, 5) is 15.1. The number of aryl methyl sites for hydroxylation is 1. The van der Waals surface area contributed by atoms with Crippen molar-refractivity contribution in [2.24, 2.45) is 0 Å². The van der Waals surface area contributed by atoms with Crippen molar-refractivity contribution in [1.82, 2.24) is 10.2 Å². The van der Waals surface area contributed by atoms with Crippen molar-refractivity contribution in [2.45, 2.75) is 39.2 Å². The van der Waals surface area contributed by atoms with Crippen molar-refractivity contribution in [3.8, 4) is 0 Å². The van der Waals surface area contributed by atoms with Crippen LogP contribution in [0.15, 0.2) is 22.6 Å². The van der Waals surface area contributed by atoms with Crippen LogP contribution in [0.4, 0.5) is 0 Å².